The number of hydrogen-bond donors (Lipinski definition) is 1. The molecular weight excluding hydrogens is 190 g/mol. The third-order valence-electron chi connectivity index (χ3n) is 1.46. The number of hydrogen-bond acceptors (Lipinski definition) is 5. The van der Waals surface area contributed by atoms with Gasteiger partial charge in [0.1, 0.15) is 10.3 Å². The summed E-state index contributed by atoms with van der Waals surface area (Å²) in [6.07, 6.45) is 2.00. The largest absolute Gasteiger partial charge is 0.375 e. The molecule has 2 aromatic heterocycles. The number of thiazole rings is 1. The molecule has 62 valence electrons. The normalized spacial score (nSPS) is 10.8. The number of nitrogens with two attached hydrogens (primary N) is 1. The zero-order valence-corrected chi connectivity index (χ0v) is 8.08. The van der Waals surface area contributed by atoms with Gasteiger partial charge in [0.25, 0.3) is 0 Å². The van der Waals surface area contributed by atoms with Crippen LogP contribution in [0.3, 0.4) is 0 Å². The van der Waals surface area contributed by atoms with Crippen LogP contribution in [0.15, 0.2) is 17.2 Å². The fraction of sp³-hybridized carbons (Fsp3) is 0.143. The highest BCUT2D eigenvalue weighted by atomic mass is 32.2. The third-order valence-corrected chi connectivity index (χ3v) is 2.90. The second kappa shape index (κ2) is 2.91. The summed E-state index contributed by atoms with van der Waals surface area (Å²) in [6.45, 7) is 0. The third kappa shape index (κ3) is 1.25. The Bertz CT molecular complexity index is 410. The van der Waals surface area contributed by atoms with Gasteiger partial charge in [0.15, 0.2) is 5.13 Å². The van der Waals surface area contributed by atoms with E-state index in [2.05, 4.69) is 9.97 Å². The van der Waals surface area contributed by atoms with Crippen molar-refractivity contribution >= 4 is 38.6 Å². The van der Waals surface area contributed by atoms with Gasteiger partial charge in [-0.15, -0.1) is 11.8 Å². The molecule has 12 heavy (non-hydrogen) atoms. The first-order valence-corrected chi connectivity index (χ1v) is 5.41. The van der Waals surface area contributed by atoms with Crippen LogP contribution in [0.2, 0.25) is 0 Å². The SMILES string of the molecule is CSc1ccc2nc(N)sc2n1. The number of thioether (sulfide) groups is 1. The zero-order valence-electron chi connectivity index (χ0n) is 6.44. The van der Waals surface area contributed by atoms with Gasteiger partial charge in [0.05, 0.1) is 5.03 Å². The second-order valence-corrected chi connectivity index (χ2v) is 4.07. The smallest absolute Gasteiger partial charge is 0.182 e. The van der Waals surface area contributed by atoms with Crippen molar-refractivity contribution < 1.29 is 0 Å². The molecular formula is C7H7N3S2. The van der Waals surface area contributed by atoms with Crippen molar-refractivity contribution in [3.63, 3.8) is 0 Å². The monoisotopic (exact) mass is 197 g/mol. The molecule has 0 saturated heterocycles. The van der Waals surface area contributed by atoms with Crippen LogP contribution in [0.4, 0.5) is 5.13 Å². The summed E-state index contributed by atoms with van der Waals surface area (Å²) in [7, 11) is 0. The maximum Gasteiger partial charge on any atom is 0.182 e. The van der Waals surface area contributed by atoms with E-state index in [4.69, 9.17) is 5.73 Å². The van der Waals surface area contributed by atoms with E-state index in [-0.39, 0.29) is 0 Å². The summed E-state index contributed by atoms with van der Waals surface area (Å²) in [5.41, 5.74) is 6.43. The molecule has 0 aliphatic rings. The van der Waals surface area contributed by atoms with Gasteiger partial charge in [-0.2, -0.15) is 0 Å². The topological polar surface area (TPSA) is 51.8 Å². The van der Waals surface area contributed by atoms with Gasteiger partial charge in [0.2, 0.25) is 0 Å². The molecule has 0 bridgehead atoms. The van der Waals surface area contributed by atoms with Gasteiger partial charge < -0.3 is 5.73 Å². The Hall–Kier alpha value is -0.810. The Morgan fingerprint density at radius 1 is 1.42 bits per heavy atom. The summed E-state index contributed by atoms with van der Waals surface area (Å²) in [5.74, 6) is 0. The number of rotatable bonds is 1. The summed E-state index contributed by atoms with van der Waals surface area (Å²) in [5, 5.41) is 1.59. The summed E-state index contributed by atoms with van der Waals surface area (Å²) in [6, 6.07) is 3.90. The lowest BCUT2D eigenvalue weighted by molar-refractivity contribution is 1.20. The Kier molecular flexibility index (Phi) is 1.90. The minimum atomic E-state index is 0.579. The molecule has 3 nitrogen and oxygen atoms in total. The van der Waals surface area contributed by atoms with E-state index in [1.165, 1.54) is 11.3 Å². The molecule has 0 fully saturated rings. The number of anilines is 1. The fourth-order valence-electron chi connectivity index (χ4n) is 0.931. The molecule has 0 aromatic carbocycles. The molecule has 2 heterocycles. The number of aromatic nitrogens is 2. The number of nitrogen functional groups attached to an aromatic ring is 1. The van der Waals surface area contributed by atoms with E-state index in [1.807, 2.05) is 18.4 Å². The first-order chi connectivity index (χ1) is 5.79. The lowest BCUT2D eigenvalue weighted by Gasteiger charge is -1.91. The first-order valence-electron chi connectivity index (χ1n) is 3.36. The van der Waals surface area contributed by atoms with Gasteiger partial charge >= 0.3 is 0 Å². The van der Waals surface area contributed by atoms with Crippen molar-refractivity contribution in [1.82, 2.24) is 9.97 Å². The molecule has 2 aromatic rings. The van der Waals surface area contributed by atoms with Crippen LogP contribution in [0.25, 0.3) is 10.3 Å². The summed E-state index contributed by atoms with van der Waals surface area (Å²) >= 11 is 3.04. The fourth-order valence-corrected chi connectivity index (χ4v) is 2.08. The second-order valence-electron chi connectivity index (χ2n) is 2.23. The molecule has 0 aliphatic heterocycles. The number of pyridine rings is 1. The lowest BCUT2D eigenvalue weighted by Crippen LogP contribution is -1.79. The molecule has 0 amide bonds. The minimum Gasteiger partial charge on any atom is -0.375 e. The average molecular weight is 197 g/mol. The quantitative estimate of drug-likeness (QED) is 0.710. The highest BCUT2D eigenvalue weighted by molar-refractivity contribution is 7.98. The number of fused-ring (bicyclic) bond motifs is 1. The van der Waals surface area contributed by atoms with Gasteiger partial charge in [-0.25, -0.2) is 9.97 Å². The van der Waals surface area contributed by atoms with Gasteiger partial charge in [0, 0.05) is 0 Å². The van der Waals surface area contributed by atoms with Gasteiger partial charge in [-0.3, -0.25) is 0 Å². The van der Waals surface area contributed by atoms with Crippen LogP contribution in [-0.2, 0) is 0 Å². The molecule has 0 atom stereocenters. The van der Waals surface area contributed by atoms with Crippen molar-refractivity contribution in [3.8, 4) is 0 Å². The molecule has 0 spiro atoms. The first kappa shape index (κ1) is 7.82. The van der Waals surface area contributed by atoms with Gasteiger partial charge in [-0.1, -0.05) is 11.3 Å². The predicted octanol–water partition coefficient (Wildman–Crippen LogP) is 2.00. The van der Waals surface area contributed by atoms with Crippen molar-refractivity contribution in [2.24, 2.45) is 0 Å². The van der Waals surface area contributed by atoms with E-state index in [0.717, 1.165) is 15.4 Å². The molecule has 0 aliphatic carbocycles. The van der Waals surface area contributed by atoms with Crippen LogP contribution in [0, 0.1) is 0 Å². The van der Waals surface area contributed by atoms with Crippen molar-refractivity contribution in [3.05, 3.63) is 12.1 Å². The Morgan fingerprint density at radius 2 is 2.25 bits per heavy atom. The van der Waals surface area contributed by atoms with Gasteiger partial charge in [-0.05, 0) is 18.4 Å². The van der Waals surface area contributed by atoms with E-state index in [0.29, 0.717) is 5.13 Å². The van der Waals surface area contributed by atoms with Crippen LogP contribution in [-0.4, -0.2) is 16.2 Å². The van der Waals surface area contributed by atoms with E-state index < -0.39 is 0 Å². The molecule has 0 unspecified atom stereocenters. The Labute approximate surface area is 78.0 Å². The Balaban J connectivity index is 2.66. The highest BCUT2D eigenvalue weighted by Gasteiger charge is 2.02. The minimum absolute atomic E-state index is 0.579. The zero-order chi connectivity index (χ0) is 8.55. The molecule has 0 radical (unpaired) electrons. The summed E-state index contributed by atoms with van der Waals surface area (Å²) in [4.78, 5) is 9.38. The van der Waals surface area contributed by atoms with Crippen molar-refractivity contribution in [1.29, 1.82) is 0 Å². The highest BCUT2D eigenvalue weighted by Crippen LogP contribution is 2.24. The molecule has 2 rings (SSSR count). The average Bonchev–Trinajstić information content (AvgIpc) is 2.43. The predicted molar refractivity (Wildman–Crippen MR) is 53.6 cm³/mol. The molecule has 0 saturated carbocycles. The summed E-state index contributed by atoms with van der Waals surface area (Å²) < 4.78 is 0. The van der Waals surface area contributed by atoms with Crippen LogP contribution < -0.4 is 5.73 Å². The maximum atomic E-state index is 5.54. The standard InChI is InChI=1S/C7H7N3S2/c1-11-5-3-2-4-6(10-5)12-7(8)9-4/h2-3H,1H3,(H2,8,9). The van der Waals surface area contributed by atoms with Crippen LogP contribution in [0.5, 0.6) is 0 Å². The lowest BCUT2D eigenvalue weighted by atomic mass is 10.5. The number of nitrogens with zero attached hydrogens (tertiary/aromatic N) is 2. The van der Waals surface area contributed by atoms with Crippen molar-refractivity contribution in [2.75, 3.05) is 12.0 Å². The van der Waals surface area contributed by atoms with E-state index >= 15 is 0 Å². The van der Waals surface area contributed by atoms with Crippen LogP contribution >= 0.6 is 23.1 Å². The van der Waals surface area contributed by atoms with Crippen molar-refractivity contribution in [2.45, 2.75) is 5.03 Å². The van der Waals surface area contributed by atoms with E-state index in [9.17, 15) is 0 Å². The van der Waals surface area contributed by atoms with E-state index in [1.54, 1.807) is 11.8 Å². The maximum absolute atomic E-state index is 5.54. The molecule has 5 heteroatoms. The molecule has 2 N–H and O–H groups in total. The van der Waals surface area contributed by atoms with Crippen LogP contribution in [0.1, 0.15) is 0 Å². The Morgan fingerprint density at radius 3 is 3.00 bits per heavy atom.